The molecule has 0 aromatic carbocycles. The van der Waals surface area contributed by atoms with Crippen molar-refractivity contribution in [2.45, 2.75) is 25.8 Å². The fourth-order valence-corrected chi connectivity index (χ4v) is 2.41. The molecule has 1 aliphatic heterocycles. The van der Waals surface area contributed by atoms with E-state index in [2.05, 4.69) is 4.98 Å². The number of rotatable bonds is 2. The summed E-state index contributed by atoms with van der Waals surface area (Å²) >= 11 is 0. The molecule has 1 aromatic rings. The van der Waals surface area contributed by atoms with Crippen LogP contribution in [0, 0.1) is 5.92 Å². The lowest BCUT2D eigenvalue weighted by Gasteiger charge is -2.37. The Morgan fingerprint density at radius 1 is 1.50 bits per heavy atom. The van der Waals surface area contributed by atoms with Crippen LogP contribution in [0.25, 0.3) is 0 Å². The Hall–Kier alpha value is -1.91. The third kappa shape index (κ3) is 2.34. The Morgan fingerprint density at radius 3 is 2.89 bits per heavy atom. The van der Waals surface area contributed by atoms with Crippen LogP contribution >= 0.6 is 0 Å². The highest BCUT2D eigenvalue weighted by atomic mass is 16.4. The summed E-state index contributed by atoms with van der Waals surface area (Å²) in [4.78, 5) is 28.9. The second-order valence-electron chi connectivity index (χ2n) is 4.57. The van der Waals surface area contributed by atoms with Crippen molar-refractivity contribution in [1.82, 2.24) is 9.88 Å². The van der Waals surface area contributed by atoms with Gasteiger partial charge in [-0.05, 0) is 31.9 Å². The molecule has 1 aromatic heterocycles. The van der Waals surface area contributed by atoms with Crippen LogP contribution in [0.4, 0.5) is 0 Å². The average molecular weight is 248 g/mol. The van der Waals surface area contributed by atoms with Crippen LogP contribution in [0.2, 0.25) is 0 Å². The molecular weight excluding hydrogens is 232 g/mol. The van der Waals surface area contributed by atoms with Crippen LogP contribution in [0.3, 0.4) is 0 Å². The standard InChI is InChI=1S/C13H16N2O3/c1-9-11(13(17)18)5-3-7-15(9)12(16)10-4-2-6-14-8-10/h2,4,6,8-9,11H,3,5,7H2,1H3,(H,17,18)/t9-,11-/m1/s1. The van der Waals surface area contributed by atoms with E-state index < -0.39 is 11.9 Å². The molecule has 1 saturated heterocycles. The predicted molar refractivity (Wildman–Crippen MR) is 65.1 cm³/mol. The van der Waals surface area contributed by atoms with E-state index in [0.717, 1.165) is 6.42 Å². The number of likely N-dealkylation sites (tertiary alicyclic amines) is 1. The van der Waals surface area contributed by atoms with Gasteiger partial charge in [-0.25, -0.2) is 0 Å². The lowest BCUT2D eigenvalue weighted by Crippen LogP contribution is -2.49. The van der Waals surface area contributed by atoms with Crippen molar-refractivity contribution in [2.24, 2.45) is 5.92 Å². The average Bonchev–Trinajstić information content (AvgIpc) is 2.39. The molecule has 0 saturated carbocycles. The van der Waals surface area contributed by atoms with Gasteiger partial charge in [0, 0.05) is 25.0 Å². The van der Waals surface area contributed by atoms with Crippen molar-refractivity contribution in [1.29, 1.82) is 0 Å². The van der Waals surface area contributed by atoms with Crippen LogP contribution < -0.4 is 0 Å². The molecule has 18 heavy (non-hydrogen) atoms. The van der Waals surface area contributed by atoms with Crippen molar-refractivity contribution in [2.75, 3.05) is 6.54 Å². The van der Waals surface area contributed by atoms with Crippen LogP contribution in [-0.2, 0) is 4.79 Å². The molecule has 2 atom stereocenters. The van der Waals surface area contributed by atoms with Crippen LogP contribution in [0.15, 0.2) is 24.5 Å². The summed E-state index contributed by atoms with van der Waals surface area (Å²) in [5, 5.41) is 9.13. The Bertz CT molecular complexity index is 447. The van der Waals surface area contributed by atoms with Crippen molar-refractivity contribution in [3.8, 4) is 0 Å². The number of aliphatic carboxylic acids is 1. The molecule has 1 N–H and O–H groups in total. The predicted octanol–water partition coefficient (Wildman–Crippen LogP) is 1.41. The van der Waals surface area contributed by atoms with E-state index in [0.29, 0.717) is 18.5 Å². The van der Waals surface area contributed by atoms with Gasteiger partial charge in [-0.15, -0.1) is 0 Å². The quantitative estimate of drug-likeness (QED) is 0.859. The minimum atomic E-state index is -0.828. The Kier molecular flexibility index (Phi) is 3.60. The van der Waals surface area contributed by atoms with E-state index in [9.17, 15) is 9.59 Å². The first kappa shape index (κ1) is 12.5. The number of pyridine rings is 1. The zero-order valence-electron chi connectivity index (χ0n) is 10.2. The molecule has 0 radical (unpaired) electrons. The van der Waals surface area contributed by atoms with Gasteiger partial charge < -0.3 is 10.0 Å². The lowest BCUT2D eigenvalue weighted by molar-refractivity contribution is -0.144. The van der Waals surface area contributed by atoms with Gasteiger partial charge in [0.2, 0.25) is 0 Å². The monoisotopic (exact) mass is 248 g/mol. The summed E-state index contributed by atoms with van der Waals surface area (Å²) < 4.78 is 0. The van der Waals surface area contributed by atoms with Gasteiger partial charge in [0.05, 0.1) is 11.5 Å². The molecule has 5 nitrogen and oxygen atoms in total. The first-order valence-electron chi connectivity index (χ1n) is 6.05. The van der Waals surface area contributed by atoms with E-state index in [1.54, 1.807) is 30.2 Å². The molecule has 2 rings (SSSR count). The zero-order chi connectivity index (χ0) is 13.1. The van der Waals surface area contributed by atoms with Crippen molar-refractivity contribution in [3.05, 3.63) is 30.1 Å². The highest BCUT2D eigenvalue weighted by molar-refractivity contribution is 5.94. The summed E-state index contributed by atoms with van der Waals surface area (Å²) in [6.45, 7) is 2.41. The van der Waals surface area contributed by atoms with Gasteiger partial charge in [0.15, 0.2) is 0 Å². The second-order valence-corrected chi connectivity index (χ2v) is 4.57. The topological polar surface area (TPSA) is 70.5 Å². The molecule has 1 aliphatic rings. The normalized spacial score (nSPS) is 23.7. The third-order valence-corrected chi connectivity index (χ3v) is 3.47. The highest BCUT2D eigenvalue weighted by Gasteiger charge is 2.35. The molecule has 0 bridgehead atoms. The fourth-order valence-electron chi connectivity index (χ4n) is 2.41. The van der Waals surface area contributed by atoms with E-state index in [4.69, 9.17) is 5.11 Å². The number of aromatic nitrogens is 1. The maximum atomic E-state index is 12.3. The first-order chi connectivity index (χ1) is 8.61. The summed E-state index contributed by atoms with van der Waals surface area (Å²) in [6.07, 6.45) is 4.48. The van der Waals surface area contributed by atoms with Gasteiger partial charge in [0.25, 0.3) is 5.91 Å². The number of carbonyl (C=O) groups excluding carboxylic acids is 1. The molecule has 1 amide bonds. The number of amides is 1. The number of hydrogen-bond acceptors (Lipinski definition) is 3. The number of piperidine rings is 1. The smallest absolute Gasteiger partial charge is 0.308 e. The molecular formula is C13H16N2O3. The maximum absolute atomic E-state index is 12.3. The van der Waals surface area contributed by atoms with Crippen molar-refractivity contribution in [3.63, 3.8) is 0 Å². The summed E-state index contributed by atoms with van der Waals surface area (Å²) in [5.74, 6) is -1.44. The molecule has 0 aliphatic carbocycles. The number of carboxylic acids is 1. The number of nitrogens with zero attached hydrogens (tertiary/aromatic N) is 2. The third-order valence-electron chi connectivity index (χ3n) is 3.47. The maximum Gasteiger partial charge on any atom is 0.308 e. The number of carboxylic acid groups (broad SMARTS) is 1. The van der Waals surface area contributed by atoms with Crippen LogP contribution in [0.1, 0.15) is 30.1 Å². The summed E-state index contributed by atoms with van der Waals surface area (Å²) in [6, 6.07) is 3.13. The zero-order valence-corrected chi connectivity index (χ0v) is 10.2. The molecule has 96 valence electrons. The van der Waals surface area contributed by atoms with E-state index in [-0.39, 0.29) is 11.9 Å². The van der Waals surface area contributed by atoms with E-state index in [1.165, 1.54) is 6.20 Å². The number of carbonyl (C=O) groups is 2. The SMILES string of the molecule is C[C@@H]1[C@H](C(=O)O)CCCN1C(=O)c1cccnc1. The molecule has 2 heterocycles. The van der Waals surface area contributed by atoms with Gasteiger partial charge in [0.1, 0.15) is 0 Å². The van der Waals surface area contributed by atoms with E-state index >= 15 is 0 Å². The summed E-state index contributed by atoms with van der Waals surface area (Å²) in [7, 11) is 0. The minimum Gasteiger partial charge on any atom is -0.481 e. The molecule has 5 heteroatoms. The Morgan fingerprint density at radius 2 is 2.28 bits per heavy atom. The lowest BCUT2D eigenvalue weighted by atomic mass is 9.90. The minimum absolute atomic E-state index is 0.137. The number of hydrogen-bond donors (Lipinski definition) is 1. The van der Waals surface area contributed by atoms with Gasteiger partial charge in [-0.3, -0.25) is 14.6 Å². The molecule has 0 unspecified atom stereocenters. The molecule has 0 spiro atoms. The molecule has 1 fully saturated rings. The van der Waals surface area contributed by atoms with Crippen molar-refractivity contribution >= 4 is 11.9 Å². The van der Waals surface area contributed by atoms with Gasteiger partial charge >= 0.3 is 5.97 Å². The summed E-state index contributed by atoms with van der Waals surface area (Å²) in [5.41, 5.74) is 0.510. The second kappa shape index (κ2) is 5.16. The van der Waals surface area contributed by atoms with Gasteiger partial charge in [-0.1, -0.05) is 0 Å². The van der Waals surface area contributed by atoms with E-state index in [1.807, 2.05) is 0 Å². The van der Waals surface area contributed by atoms with Crippen LogP contribution in [0.5, 0.6) is 0 Å². The van der Waals surface area contributed by atoms with Crippen molar-refractivity contribution < 1.29 is 14.7 Å². The van der Waals surface area contributed by atoms with Gasteiger partial charge in [-0.2, -0.15) is 0 Å². The highest BCUT2D eigenvalue weighted by Crippen LogP contribution is 2.25. The Labute approximate surface area is 105 Å². The van der Waals surface area contributed by atoms with Crippen LogP contribution in [-0.4, -0.2) is 39.5 Å². The largest absolute Gasteiger partial charge is 0.481 e. The fraction of sp³-hybridized carbons (Fsp3) is 0.462. The Balaban J connectivity index is 2.18. The first-order valence-corrected chi connectivity index (χ1v) is 6.05.